The topological polar surface area (TPSA) is 89.2 Å². The van der Waals surface area contributed by atoms with Crippen LogP contribution >= 0.6 is 0 Å². The summed E-state index contributed by atoms with van der Waals surface area (Å²) in [5.74, 6) is 0.254. The number of carbonyl (C=O) groups excluding carboxylic acids is 1. The maximum absolute atomic E-state index is 12.1. The number of carbonyl (C=O) groups is 1. The van der Waals surface area contributed by atoms with Crippen molar-refractivity contribution in [2.75, 3.05) is 26.1 Å². The molecule has 7 nitrogen and oxygen atoms in total. The van der Waals surface area contributed by atoms with E-state index in [1.165, 1.54) is 7.11 Å². The summed E-state index contributed by atoms with van der Waals surface area (Å²) in [5.41, 5.74) is 4.75. The molecule has 1 aromatic rings. The summed E-state index contributed by atoms with van der Waals surface area (Å²) in [7, 11) is 1.30. The molecule has 178 valence electrons. The zero-order valence-electron chi connectivity index (χ0n) is 21.1. The Bertz CT molecular complexity index is 757. The fourth-order valence-corrected chi connectivity index (χ4v) is 3.31. The lowest BCUT2D eigenvalue weighted by Gasteiger charge is -2.34. The van der Waals surface area contributed by atoms with E-state index in [-0.39, 0.29) is 35.7 Å². The van der Waals surface area contributed by atoms with Crippen molar-refractivity contribution < 1.29 is 28.5 Å². The lowest BCUT2D eigenvalue weighted by molar-refractivity contribution is -0.131. The highest BCUT2D eigenvalue weighted by atomic mass is 16.6. The number of hydrogen-bond acceptors (Lipinski definition) is 7. The number of benzene rings is 1. The van der Waals surface area contributed by atoms with E-state index in [9.17, 15) is 4.79 Å². The summed E-state index contributed by atoms with van der Waals surface area (Å²) in [4.78, 5) is 12.1. The van der Waals surface area contributed by atoms with Crippen LogP contribution in [-0.4, -0.2) is 48.7 Å². The minimum atomic E-state index is -0.572. The van der Waals surface area contributed by atoms with Gasteiger partial charge in [0.05, 0.1) is 40.8 Å². The number of ether oxygens (including phenoxy) is 5. The first-order chi connectivity index (χ1) is 13.8. The molecule has 0 aromatic heterocycles. The van der Waals surface area contributed by atoms with Crippen molar-refractivity contribution in [1.29, 1.82) is 0 Å². The third-order valence-corrected chi connectivity index (χ3v) is 3.84. The quantitative estimate of drug-likeness (QED) is 0.428. The number of nitrogen functional groups attached to an aromatic ring is 1. The first-order valence-electron chi connectivity index (χ1n) is 10.5. The minimum Gasteiger partial charge on any atom is -0.487 e. The van der Waals surface area contributed by atoms with Crippen molar-refractivity contribution in [1.82, 2.24) is 0 Å². The van der Waals surface area contributed by atoms with Crippen LogP contribution < -0.4 is 15.2 Å². The molecule has 0 aliphatic heterocycles. The number of anilines is 1. The first kappa shape index (κ1) is 27.0. The summed E-state index contributed by atoms with van der Waals surface area (Å²) in [5, 5.41) is 0. The van der Waals surface area contributed by atoms with Gasteiger partial charge in [-0.1, -0.05) is 0 Å². The molecule has 0 bridgehead atoms. The number of methoxy groups -OCH3 is 1. The fourth-order valence-electron chi connectivity index (χ4n) is 3.31. The van der Waals surface area contributed by atoms with Crippen molar-refractivity contribution in [3.05, 3.63) is 17.7 Å². The van der Waals surface area contributed by atoms with Crippen molar-refractivity contribution in [2.24, 2.45) is 0 Å². The zero-order valence-corrected chi connectivity index (χ0v) is 21.1. The molecule has 1 aromatic carbocycles. The summed E-state index contributed by atoms with van der Waals surface area (Å²) in [6, 6.07) is 3.12. The number of rotatable bonds is 9. The van der Waals surface area contributed by atoms with E-state index in [0.29, 0.717) is 11.5 Å². The average Bonchev–Trinajstić information content (AvgIpc) is 2.54. The second kappa shape index (κ2) is 9.65. The molecule has 2 N–H and O–H groups in total. The van der Waals surface area contributed by atoms with Gasteiger partial charge in [0.25, 0.3) is 0 Å². The Morgan fingerprint density at radius 1 is 0.774 bits per heavy atom. The lowest BCUT2D eigenvalue weighted by Crippen LogP contribution is -2.40. The molecule has 0 aliphatic carbocycles. The van der Waals surface area contributed by atoms with Crippen LogP contribution in [-0.2, 0) is 14.2 Å². The average molecular weight is 440 g/mol. The second-order valence-electron chi connectivity index (χ2n) is 10.9. The molecule has 7 heteroatoms. The lowest BCUT2D eigenvalue weighted by atomic mass is 10.1. The Morgan fingerprint density at radius 2 is 1.16 bits per heavy atom. The molecule has 0 spiro atoms. The molecular formula is C24H41NO6. The molecule has 0 unspecified atom stereocenters. The molecule has 31 heavy (non-hydrogen) atoms. The second-order valence-corrected chi connectivity index (χ2v) is 10.9. The van der Waals surface area contributed by atoms with Crippen LogP contribution in [0, 0.1) is 0 Å². The van der Waals surface area contributed by atoms with Gasteiger partial charge in [-0.05, 0) is 69.2 Å². The first-order valence-corrected chi connectivity index (χ1v) is 10.5. The molecule has 0 radical (unpaired) electrons. The van der Waals surface area contributed by atoms with Crippen molar-refractivity contribution in [3.8, 4) is 11.5 Å². The van der Waals surface area contributed by atoms with Gasteiger partial charge in [0, 0.05) is 12.1 Å². The molecule has 0 atom stereocenters. The highest BCUT2D eigenvalue weighted by Gasteiger charge is 2.29. The van der Waals surface area contributed by atoms with Gasteiger partial charge in [0.2, 0.25) is 0 Å². The molecule has 1 rings (SSSR count). The summed E-state index contributed by atoms with van der Waals surface area (Å²) in [6.45, 7) is 20.2. The van der Waals surface area contributed by atoms with Crippen LogP contribution in [0.3, 0.4) is 0 Å². The molecule has 0 saturated carbocycles. The van der Waals surface area contributed by atoms with E-state index in [1.807, 2.05) is 69.2 Å². The Hall–Kier alpha value is -1.99. The number of esters is 1. The molecule has 0 fully saturated rings. The van der Waals surface area contributed by atoms with E-state index in [1.54, 1.807) is 12.1 Å². The molecule has 0 heterocycles. The molecule has 0 saturated heterocycles. The molecule has 0 amide bonds. The highest BCUT2D eigenvalue weighted by Crippen LogP contribution is 2.35. The van der Waals surface area contributed by atoms with Crippen LogP contribution in [0.15, 0.2) is 12.1 Å². The van der Waals surface area contributed by atoms with Gasteiger partial charge < -0.3 is 29.4 Å². The van der Waals surface area contributed by atoms with Gasteiger partial charge in [-0.3, -0.25) is 0 Å². The predicted octanol–water partition coefficient (Wildman–Crippen LogP) is 5.00. The third kappa shape index (κ3) is 9.78. The van der Waals surface area contributed by atoms with Crippen LogP contribution in [0.2, 0.25) is 0 Å². The number of hydrogen-bond donors (Lipinski definition) is 1. The third-order valence-electron chi connectivity index (χ3n) is 3.84. The Balaban J connectivity index is 3.16. The van der Waals surface area contributed by atoms with E-state index < -0.39 is 17.2 Å². The van der Waals surface area contributed by atoms with Gasteiger partial charge in [-0.25, -0.2) is 4.79 Å². The Kier molecular flexibility index (Phi) is 8.42. The van der Waals surface area contributed by atoms with E-state index in [0.717, 1.165) is 0 Å². The van der Waals surface area contributed by atoms with Crippen molar-refractivity contribution in [3.63, 3.8) is 0 Å². The van der Waals surface area contributed by atoms with Gasteiger partial charge in [-0.15, -0.1) is 0 Å². The van der Waals surface area contributed by atoms with Gasteiger partial charge in [0.15, 0.2) is 11.5 Å². The highest BCUT2D eigenvalue weighted by molar-refractivity contribution is 5.96. The maximum Gasteiger partial charge on any atom is 0.340 e. The normalized spacial score (nSPS) is 13.1. The van der Waals surface area contributed by atoms with E-state index in [2.05, 4.69) is 0 Å². The standard InChI is InChI=1S/C24H41NO6/c1-21(2,3)30-23(7,8)14-28-18-12-16(20(26)27-11)17(25)13-19(18)29-15-24(9,10)31-22(4,5)6/h12-13H,14-15,25H2,1-11H3. The van der Waals surface area contributed by atoms with Crippen LogP contribution in [0.1, 0.15) is 79.6 Å². The molecule has 0 aliphatic rings. The van der Waals surface area contributed by atoms with Crippen LogP contribution in [0.4, 0.5) is 5.69 Å². The fraction of sp³-hybridized carbons (Fsp3) is 0.708. The number of nitrogens with two attached hydrogens (primary N) is 1. The monoisotopic (exact) mass is 439 g/mol. The van der Waals surface area contributed by atoms with E-state index >= 15 is 0 Å². The van der Waals surface area contributed by atoms with Crippen LogP contribution in [0.25, 0.3) is 0 Å². The predicted molar refractivity (Wildman–Crippen MR) is 123 cm³/mol. The zero-order chi connectivity index (χ0) is 24.3. The van der Waals surface area contributed by atoms with Crippen molar-refractivity contribution >= 4 is 11.7 Å². The Morgan fingerprint density at radius 3 is 1.52 bits per heavy atom. The van der Waals surface area contributed by atoms with E-state index in [4.69, 9.17) is 29.4 Å². The minimum absolute atomic E-state index is 0.213. The van der Waals surface area contributed by atoms with Crippen molar-refractivity contribution in [2.45, 2.75) is 91.6 Å². The largest absolute Gasteiger partial charge is 0.487 e. The maximum atomic E-state index is 12.1. The van der Waals surface area contributed by atoms with Gasteiger partial charge in [0.1, 0.15) is 13.2 Å². The SMILES string of the molecule is COC(=O)c1cc(OCC(C)(C)OC(C)(C)C)c(OCC(C)(C)OC(C)(C)C)cc1N. The summed E-state index contributed by atoms with van der Waals surface area (Å²) in [6.07, 6.45) is 0. The summed E-state index contributed by atoms with van der Waals surface area (Å²) >= 11 is 0. The van der Waals surface area contributed by atoms with Gasteiger partial charge in [-0.2, -0.15) is 0 Å². The van der Waals surface area contributed by atoms with Gasteiger partial charge >= 0.3 is 5.97 Å². The van der Waals surface area contributed by atoms with Crippen LogP contribution in [0.5, 0.6) is 11.5 Å². The summed E-state index contributed by atoms with van der Waals surface area (Å²) < 4.78 is 29.1. The molecular weight excluding hydrogens is 398 g/mol. The smallest absolute Gasteiger partial charge is 0.340 e. The Labute approximate surface area is 187 Å².